The first-order chi connectivity index (χ1) is 11.9. The lowest BCUT2D eigenvalue weighted by Gasteiger charge is -2.42. The Labute approximate surface area is 149 Å². The van der Waals surface area contributed by atoms with Gasteiger partial charge in [-0.15, -0.1) is 0 Å². The minimum atomic E-state index is -3.11. The summed E-state index contributed by atoms with van der Waals surface area (Å²) in [6.45, 7) is 6.69. The van der Waals surface area contributed by atoms with E-state index >= 15 is 0 Å². The molecule has 0 saturated carbocycles. The summed E-state index contributed by atoms with van der Waals surface area (Å²) in [5, 5.41) is 0.894. The molecule has 1 aromatic carbocycles. The molecule has 0 atom stereocenters. The van der Waals surface area contributed by atoms with Gasteiger partial charge in [-0.2, -0.15) is 0 Å². The first-order valence-electron chi connectivity index (χ1n) is 8.65. The molecule has 0 amide bonds. The van der Waals surface area contributed by atoms with Crippen LogP contribution < -0.4 is 9.64 Å². The molecule has 2 aromatic rings. The van der Waals surface area contributed by atoms with Gasteiger partial charge in [0.05, 0.1) is 23.1 Å². The molecule has 0 spiro atoms. The van der Waals surface area contributed by atoms with Crippen molar-refractivity contribution in [2.24, 2.45) is 0 Å². The van der Waals surface area contributed by atoms with Gasteiger partial charge in [0, 0.05) is 18.5 Å². The molecule has 1 aromatic heterocycles. The molecule has 1 aliphatic heterocycles. The van der Waals surface area contributed by atoms with Crippen molar-refractivity contribution < 1.29 is 13.2 Å². The first kappa shape index (κ1) is 17.9. The molecule has 0 N–H and O–H groups in total. The fourth-order valence-corrected chi connectivity index (χ4v) is 5.76. The van der Waals surface area contributed by atoms with E-state index < -0.39 is 14.6 Å². The van der Waals surface area contributed by atoms with Crippen LogP contribution in [0.15, 0.2) is 18.2 Å². The predicted molar refractivity (Wildman–Crippen MR) is 100 cm³/mol. The van der Waals surface area contributed by atoms with Crippen LogP contribution in [-0.2, 0) is 9.84 Å². The van der Waals surface area contributed by atoms with Gasteiger partial charge in [0.25, 0.3) is 0 Å². The number of benzene rings is 1. The normalized spacial score (nSPS) is 19.1. The Morgan fingerprint density at radius 2 is 1.96 bits per heavy atom. The number of rotatable bonds is 4. The highest BCUT2D eigenvalue weighted by Gasteiger charge is 2.45. The summed E-state index contributed by atoms with van der Waals surface area (Å²) >= 11 is 0. The second-order valence-electron chi connectivity index (χ2n) is 6.61. The summed E-state index contributed by atoms with van der Waals surface area (Å²) in [6.07, 6.45) is 1.21. The SMILES string of the molecule is CCC1(CC)CN(c2nc(C)nc3ccc(OC)cc23)CCS1(=O)=O. The lowest BCUT2D eigenvalue weighted by atomic mass is 10.0. The number of sulfone groups is 1. The fraction of sp³-hybridized carbons (Fsp3) is 0.556. The van der Waals surface area contributed by atoms with E-state index in [0.717, 1.165) is 22.5 Å². The average Bonchev–Trinajstić information content (AvgIpc) is 2.61. The maximum atomic E-state index is 12.7. The number of nitrogens with zero attached hydrogens (tertiary/aromatic N) is 3. The molecule has 1 fully saturated rings. The molecule has 25 heavy (non-hydrogen) atoms. The maximum absolute atomic E-state index is 12.7. The smallest absolute Gasteiger partial charge is 0.159 e. The van der Waals surface area contributed by atoms with Gasteiger partial charge in [0.2, 0.25) is 0 Å². The number of methoxy groups -OCH3 is 1. The molecular formula is C18H25N3O3S. The van der Waals surface area contributed by atoms with Crippen molar-refractivity contribution in [3.05, 3.63) is 24.0 Å². The number of ether oxygens (including phenoxy) is 1. The molecule has 0 unspecified atom stereocenters. The highest BCUT2D eigenvalue weighted by atomic mass is 32.2. The molecule has 7 heteroatoms. The lowest BCUT2D eigenvalue weighted by molar-refractivity contribution is 0.415. The number of aryl methyl sites for hydroxylation is 1. The molecule has 0 aliphatic carbocycles. The Hall–Kier alpha value is -1.89. The highest BCUT2D eigenvalue weighted by molar-refractivity contribution is 7.92. The number of anilines is 1. The summed E-state index contributed by atoms with van der Waals surface area (Å²) in [5.74, 6) is 2.37. The Kier molecular flexibility index (Phi) is 4.62. The van der Waals surface area contributed by atoms with Gasteiger partial charge in [-0.3, -0.25) is 0 Å². The van der Waals surface area contributed by atoms with E-state index in [1.807, 2.05) is 39.0 Å². The van der Waals surface area contributed by atoms with Crippen LogP contribution in [-0.4, -0.2) is 49.1 Å². The van der Waals surface area contributed by atoms with Crippen LogP contribution in [0.25, 0.3) is 10.9 Å². The zero-order chi connectivity index (χ0) is 18.2. The summed E-state index contributed by atoms with van der Waals surface area (Å²) in [5.41, 5.74) is 0.843. The van der Waals surface area contributed by atoms with Crippen LogP contribution in [0.3, 0.4) is 0 Å². The van der Waals surface area contributed by atoms with E-state index in [1.165, 1.54) is 0 Å². The molecule has 0 radical (unpaired) electrons. The Morgan fingerprint density at radius 1 is 1.24 bits per heavy atom. The first-order valence-corrected chi connectivity index (χ1v) is 10.3. The van der Waals surface area contributed by atoms with Crippen molar-refractivity contribution in [1.29, 1.82) is 0 Å². The fourth-order valence-electron chi connectivity index (χ4n) is 3.64. The summed E-state index contributed by atoms with van der Waals surface area (Å²) in [7, 11) is -1.48. The van der Waals surface area contributed by atoms with E-state index in [2.05, 4.69) is 14.9 Å². The zero-order valence-corrected chi connectivity index (χ0v) is 16.1. The zero-order valence-electron chi connectivity index (χ0n) is 15.2. The third kappa shape index (κ3) is 2.94. The monoisotopic (exact) mass is 363 g/mol. The van der Waals surface area contributed by atoms with Gasteiger partial charge in [0.15, 0.2) is 9.84 Å². The van der Waals surface area contributed by atoms with E-state index in [-0.39, 0.29) is 5.75 Å². The van der Waals surface area contributed by atoms with Crippen LogP contribution in [0.4, 0.5) is 5.82 Å². The molecule has 1 aliphatic rings. The molecule has 136 valence electrons. The summed E-state index contributed by atoms with van der Waals surface area (Å²) in [4.78, 5) is 11.2. The lowest BCUT2D eigenvalue weighted by Crippen LogP contribution is -2.56. The van der Waals surface area contributed by atoms with Gasteiger partial charge in [-0.05, 0) is 38.0 Å². The average molecular weight is 363 g/mol. The molecule has 3 rings (SSSR count). The Balaban J connectivity index is 2.13. The largest absolute Gasteiger partial charge is 0.497 e. The third-order valence-corrected chi connectivity index (χ3v) is 8.10. The quantitative estimate of drug-likeness (QED) is 0.832. The number of hydrogen-bond acceptors (Lipinski definition) is 6. The van der Waals surface area contributed by atoms with E-state index in [0.29, 0.717) is 31.8 Å². The van der Waals surface area contributed by atoms with Gasteiger partial charge >= 0.3 is 0 Å². The maximum Gasteiger partial charge on any atom is 0.159 e. The van der Waals surface area contributed by atoms with Crippen molar-refractivity contribution in [3.63, 3.8) is 0 Å². The van der Waals surface area contributed by atoms with Gasteiger partial charge in [-0.25, -0.2) is 18.4 Å². The molecular weight excluding hydrogens is 338 g/mol. The van der Waals surface area contributed by atoms with Crippen LogP contribution >= 0.6 is 0 Å². The summed E-state index contributed by atoms with van der Waals surface area (Å²) < 4.78 is 30.0. The van der Waals surface area contributed by atoms with Crippen molar-refractivity contribution in [1.82, 2.24) is 9.97 Å². The molecule has 2 heterocycles. The van der Waals surface area contributed by atoms with Crippen molar-refractivity contribution >= 4 is 26.6 Å². The van der Waals surface area contributed by atoms with Crippen LogP contribution in [0.1, 0.15) is 32.5 Å². The van der Waals surface area contributed by atoms with E-state index in [4.69, 9.17) is 4.74 Å². The predicted octanol–water partition coefficient (Wildman–Crippen LogP) is 2.74. The minimum absolute atomic E-state index is 0.156. The molecule has 1 saturated heterocycles. The second-order valence-corrected chi connectivity index (χ2v) is 9.11. The van der Waals surface area contributed by atoms with Gasteiger partial charge < -0.3 is 9.64 Å². The Bertz CT molecular complexity index is 892. The standard InChI is InChI=1S/C18H25N3O3S/c1-5-18(6-2)12-21(9-10-25(18,22)23)17-15-11-14(24-4)7-8-16(15)19-13(3)20-17/h7-8,11H,5-6,9-10,12H2,1-4H3. The topological polar surface area (TPSA) is 72.4 Å². The minimum Gasteiger partial charge on any atom is -0.497 e. The third-order valence-electron chi connectivity index (χ3n) is 5.35. The van der Waals surface area contributed by atoms with Crippen LogP contribution in [0.2, 0.25) is 0 Å². The number of fused-ring (bicyclic) bond motifs is 1. The molecule has 6 nitrogen and oxygen atoms in total. The highest BCUT2D eigenvalue weighted by Crippen LogP contribution is 2.36. The van der Waals surface area contributed by atoms with Crippen molar-refractivity contribution in [2.75, 3.05) is 30.9 Å². The van der Waals surface area contributed by atoms with Crippen LogP contribution in [0, 0.1) is 6.92 Å². The second kappa shape index (κ2) is 6.44. The van der Waals surface area contributed by atoms with E-state index in [9.17, 15) is 8.42 Å². The van der Waals surface area contributed by atoms with Crippen molar-refractivity contribution in [2.45, 2.75) is 38.4 Å². The van der Waals surface area contributed by atoms with Crippen LogP contribution in [0.5, 0.6) is 5.75 Å². The van der Waals surface area contributed by atoms with Gasteiger partial charge in [0.1, 0.15) is 17.4 Å². The van der Waals surface area contributed by atoms with Crippen molar-refractivity contribution in [3.8, 4) is 5.75 Å². The summed E-state index contributed by atoms with van der Waals surface area (Å²) in [6, 6.07) is 5.72. The molecule has 0 bridgehead atoms. The van der Waals surface area contributed by atoms with Gasteiger partial charge in [-0.1, -0.05) is 13.8 Å². The Morgan fingerprint density at radius 3 is 2.60 bits per heavy atom. The number of aromatic nitrogens is 2. The van der Waals surface area contributed by atoms with E-state index in [1.54, 1.807) is 7.11 Å². The number of hydrogen-bond donors (Lipinski definition) is 0.